The molecule has 0 aliphatic heterocycles. The maximum Gasteiger partial charge on any atom is 0.220 e. The van der Waals surface area contributed by atoms with Gasteiger partial charge in [-0.3, -0.25) is 0 Å². The summed E-state index contributed by atoms with van der Waals surface area (Å²) in [5.74, 6) is 0.795. The van der Waals surface area contributed by atoms with Crippen LogP contribution in [0.3, 0.4) is 0 Å². The number of aromatic nitrogens is 4. The van der Waals surface area contributed by atoms with E-state index in [0.717, 1.165) is 16.6 Å². The molecule has 3 aromatic heterocycles. The summed E-state index contributed by atoms with van der Waals surface area (Å²) in [5.41, 5.74) is 14.7. The number of pyridine rings is 1. The van der Waals surface area contributed by atoms with Crippen LogP contribution < -0.4 is 11.5 Å². The lowest BCUT2D eigenvalue weighted by Gasteiger charge is -2.20. The zero-order valence-corrected chi connectivity index (χ0v) is 16.3. The van der Waals surface area contributed by atoms with Crippen LogP contribution in [0.2, 0.25) is 5.02 Å². The third kappa shape index (κ3) is 4.48. The molecule has 0 bridgehead atoms. The zero-order valence-electron chi connectivity index (χ0n) is 15.6. The van der Waals surface area contributed by atoms with Crippen molar-refractivity contribution in [3.63, 3.8) is 0 Å². The molecule has 1 aliphatic rings. The molecule has 6 N–H and O–H groups in total. The summed E-state index contributed by atoms with van der Waals surface area (Å²) in [6, 6.07) is 1.79. The average Bonchev–Trinajstić information content (AvgIpc) is 3.12. The van der Waals surface area contributed by atoms with E-state index >= 15 is 0 Å². The van der Waals surface area contributed by atoms with Gasteiger partial charge in [0.1, 0.15) is 5.65 Å². The van der Waals surface area contributed by atoms with Crippen LogP contribution in [0, 0.1) is 11.3 Å². The first-order valence-electron chi connectivity index (χ1n) is 9.20. The summed E-state index contributed by atoms with van der Waals surface area (Å²) in [4.78, 5) is 15.3. The molecule has 3 heterocycles. The molecule has 28 heavy (non-hydrogen) atoms. The van der Waals surface area contributed by atoms with Gasteiger partial charge >= 0.3 is 0 Å². The third-order valence-electron chi connectivity index (χ3n) is 4.87. The fourth-order valence-electron chi connectivity index (χ4n) is 3.37. The van der Waals surface area contributed by atoms with Gasteiger partial charge in [0.25, 0.3) is 0 Å². The van der Waals surface area contributed by atoms with Gasteiger partial charge in [-0.25, -0.2) is 15.0 Å². The molecule has 4 rings (SSSR count). The van der Waals surface area contributed by atoms with Gasteiger partial charge in [-0.2, -0.15) is 0 Å². The number of nitrogens with two attached hydrogens (primary N) is 2. The molecule has 7 nitrogen and oxygen atoms in total. The summed E-state index contributed by atoms with van der Waals surface area (Å²) in [6.45, 7) is 3.76. The Balaban J connectivity index is 0.000000211. The molecular formula is C20H24ClN7. The minimum absolute atomic E-state index is 0.157. The maximum atomic E-state index is 7.41. The Morgan fingerprint density at radius 1 is 1.25 bits per heavy atom. The molecule has 0 aromatic carbocycles. The highest BCUT2D eigenvalue weighted by Gasteiger charge is 2.14. The summed E-state index contributed by atoms with van der Waals surface area (Å²) >= 11 is 5.96. The molecule has 1 fully saturated rings. The molecule has 0 amide bonds. The van der Waals surface area contributed by atoms with Crippen molar-refractivity contribution in [2.45, 2.75) is 32.1 Å². The number of nitrogens with one attached hydrogen (secondary N) is 2. The first-order chi connectivity index (χ1) is 13.5. The molecule has 1 aliphatic carbocycles. The van der Waals surface area contributed by atoms with Crippen molar-refractivity contribution in [1.29, 1.82) is 5.41 Å². The van der Waals surface area contributed by atoms with E-state index in [4.69, 9.17) is 28.5 Å². The number of hydrogen-bond acceptors (Lipinski definition) is 6. The maximum absolute atomic E-state index is 7.41. The summed E-state index contributed by atoms with van der Waals surface area (Å²) in [5, 5.41) is 8.77. The molecule has 146 valence electrons. The molecule has 8 heteroatoms. The van der Waals surface area contributed by atoms with E-state index in [0.29, 0.717) is 27.8 Å². The molecule has 0 spiro atoms. The van der Waals surface area contributed by atoms with Gasteiger partial charge in [-0.1, -0.05) is 37.4 Å². The van der Waals surface area contributed by atoms with Crippen molar-refractivity contribution in [3.05, 3.63) is 47.5 Å². The minimum atomic E-state index is 0.157. The molecule has 1 saturated carbocycles. The fourth-order valence-corrected chi connectivity index (χ4v) is 3.53. The minimum Gasteiger partial charge on any atom is -0.402 e. The van der Waals surface area contributed by atoms with Gasteiger partial charge in [0.05, 0.1) is 10.7 Å². The van der Waals surface area contributed by atoms with Crippen LogP contribution >= 0.6 is 11.6 Å². The zero-order chi connectivity index (χ0) is 20.1. The first-order valence-corrected chi connectivity index (χ1v) is 9.57. The monoisotopic (exact) mass is 397 g/mol. The Bertz CT molecular complexity index is 989. The number of fused-ring (bicyclic) bond motifs is 1. The van der Waals surface area contributed by atoms with Crippen molar-refractivity contribution in [1.82, 2.24) is 19.9 Å². The number of hydrogen-bond donors (Lipinski definition) is 4. The second-order valence-corrected chi connectivity index (χ2v) is 7.27. The van der Waals surface area contributed by atoms with E-state index in [1.165, 1.54) is 44.5 Å². The highest BCUT2D eigenvalue weighted by Crippen LogP contribution is 2.30. The van der Waals surface area contributed by atoms with E-state index in [1.54, 1.807) is 18.5 Å². The predicted octanol–water partition coefficient (Wildman–Crippen LogP) is 4.29. The van der Waals surface area contributed by atoms with Crippen LogP contribution in [0.4, 0.5) is 5.95 Å². The van der Waals surface area contributed by atoms with Gasteiger partial charge in [-0.15, -0.1) is 0 Å². The molecule has 0 radical (unpaired) electrons. The van der Waals surface area contributed by atoms with E-state index in [9.17, 15) is 0 Å². The predicted molar refractivity (Wildman–Crippen MR) is 114 cm³/mol. The number of aromatic amines is 1. The third-order valence-corrected chi connectivity index (χ3v) is 5.08. The van der Waals surface area contributed by atoms with E-state index in [-0.39, 0.29) is 5.95 Å². The number of rotatable bonds is 3. The second-order valence-electron chi connectivity index (χ2n) is 6.84. The van der Waals surface area contributed by atoms with E-state index < -0.39 is 0 Å². The second kappa shape index (κ2) is 8.84. The van der Waals surface area contributed by atoms with Crippen molar-refractivity contribution >= 4 is 34.8 Å². The average molecular weight is 398 g/mol. The standard InChI is InChI=1S/C12H9ClN6.C8H15N/c13-7-1-8-9(5-17-11(8)16-4-7)10-6(2-14)3-18-12(15)19-10;1-7(9)8-5-3-2-4-6-8/h1-5,14H,(H,16,17)(H2,15,18,19);8H,1-6,9H2. The Labute approximate surface area is 168 Å². The highest BCUT2D eigenvalue weighted by atomic mass is 35.5. The molecular weight excluding hydrogens is 374 g/mol. The quantitative estimate of drug-likeness (QED) is 0.489. The van der Waals surface area contributed by atoms with Gasteiger partial charge in [0, 0.05) is 47.0 Å². The summed E-state index contributed by atoms with van der Waals surface area (Å²) in [7, 11) is 0. The van der Waals surface area contributed by atoms with Crippen LogP contribution in [0.15, 0.2) is 36.9 Å². The smallest absolute Gasteiger partial charge is 0.220 e. The van der Waals surface area contributed by atoms with Crippen LogP contribution in [-0.2, 0) is 0 Å². The number of anilines is 1. The Hall–Kier alpha value is -2.93. The van der Waals surface area contributed by atoms with Crippen LogP contribution in [0.5, 0.6) is 0 Å². The Kier molecular flexibility index (Phi) is 6.26. The number of halogens is 1. The van der Waals surface area contributed by atoms with E-state index in [2.05, 4.69) is 26.5 Å². The Morgan fingerprint density at radius 2 is 2.00 bits per heavy atom. The highest BCUT2D eigenvalue weighted by molar-refractivity contribution is 6.31. The SMILES string of the molecule is C=C(N)C1CCCCC1.N=Cc1cnc(N)nc1-c1c[nH]c2ncc(Cl)cc12. The van der Waals surface area contributed by atoms with Crippen LogP contribution in [0.1, 0.15) is 37.7 Å². The largest absolute Gasteiger partial charge is 0.402 e. The molecule has 3 aromatic rings. The number of H-pyrrole nitrogens is 1. The number of nitrogens with zero attached hydrogens (tertiary/aromatic N) is 3. The topological polar surface area (TPSA) is 130 Å². The summed E-state index contributed by atoms with van der Waals surface area (Å²) < 4.78 is 0. The van der Waals surface area contributed by atoms with Crippen molar-refractivity contribution in [2.75, 3.05) is 5.73 Å². The van der Waals surface area contributed by atoms with Gasteiger partial charge < -0.3 is 21.9 Å². The lowest BCUT2D eigenvalue weighted by atomic mass is 9.88. The molecule has 0 atom stereocenters. The number of allylic oxidation sites excluding steroid dienone is 1. The molecule has 0 unspecified atom stereocenters. The number of nitrogen functional groups attached to an aromatic ring is 1. The lowest BCUT2D eigenvalue weighted by Crippen LogP contribution is -2.13. The molecule has 0 saturated heterocycles. The fraction of sp³-hybridized carbons (Fsp3) is 0.300. The Morgan fingerprint density at radius 3 is 2.64 bits per heavy atom. The van der Waals surface area contributed by atoms with Crippen LogP contribution in [-0.4, -0.2) is 26.2 Å². The normalized spacial score (nSPS) is 14.3. The first kappa shape index (κ1) is 19.8. The van der Waals surface area contributed by atoms with Crippen molar-refractivity contribution < 1.29 is 0 Å². The van der Waals surface area contributed by atoms with Crippen molar-refractivity contribution in [3.8, 4) is 11.3 Å². The summed E-state index contributed by atoms with van der Waals surface area (Å²) in [6.07, 6.45) is 12.7. The van der Waals surface area contributed by atoms with E-state index in [1.807, 2.05) is 0 Å². The lowest BCUT2D eigenvalue weighted by molar-refractivity contribution is 0.401. The van der Waals surface area contributed by atoms with Gasteiger partial charge in [0.15, 0.2) is 0 Å². The van der Waals surface area contributed by atoms with Gasteiger partial charge in [-0.05, 0) is 24.8 Å². The van der Waals surface area contributed by atoms with Crippen molar-refractivity contribution in [2.24, 2.45) is 11.7 Å². The van der Waals surface area contributed by atoms with Gasteiger partial charge in [0.2, 0.25) is 5.95 Å². The van der Waals surface area contributed by atoms with Crippen LogP contribution in [0.25, 0.3) is 22.3 Å².